The standard InChI is InChI=1S/C18H14FN3O2/c1-10-7-15-12(8-14(10)19)9-16(24-15)18-17(20-22-21-18)11-3-5-13(23-2)6-4-11/h3-9H,1-2H3,(H,20,21,22). The summed E-state index contributed by atoms with van der Waals surface area (Å²) >= 11 is 0. The van der Waals surface area contributed by atoms with Crippen molar-refractivity contribution in [2.24, 2.45) is 0 Å². The fourth-order valence-corrected chi connectivity index (χ4v) is 2.63. The molecule has 0 aliphatic heterocycles. The first-order chi connectivity index (χ1) is 11.7. The summed E-state index contributed by atoms with van der Waals surface area (Å²) in [5.74, 6) is 1.04. The van der Waals surface area contributed by atoms with Gasteiger partial charge in [-0.15, -0.1) is 0 Å². The van der Waals surface area contributed by atoms with E-state index in [4.69, 9.17) is 9.15 Å². The zero-order valence-electron chi connectivity index (χ0n) is 13.1. The molecule has 0 amide bonds. The van der Waals surface area contributed by atoms with Gasteiger partial charge in [0.2, 0.25) is 0 Å². The third-order valence-electron chi connectivity index (χ3n) is 3.94. The molecule has 0 aliphatic carbocycles. The monoisotopic (exact) mass is 323 g/mol. The number of hydrogen-bond donors (Lipinski definition) is 1. The van der Waals surface area contributed by atoms with Crippen LogP contribution in [0, 0.1) is 12.7 Å². The molecule has 2 heterocycles. The Kier molecular flexibility index (Phi) is 3.30. The van der Waals surface area contributed by atoms with E-state index in [2.05, 4.69) is 15.4 Å². The van der Waals surface area contributed by atoms with Gasteiger partial charge in [-0.05, 0) is 55.0 Å². The van der Waals surface area contributed by atoms with Gasteiger partial charge in [0.05, 0.1) is 7.11 Å². The lowest BCUT2D eigenvalue weighted by Gasteiger charge is -2.01. The van der Waals surface area contributed by atoms with Gasteiger partial charge in [0.25, 0.3) is 0 Å². The number of nitrogens with zero attached hydrogens (tertiary/aromatic N) is 2. The van der Waals surface area contributed by atoms with Crippen LogP contribution in [-0.4, -0.2) is 22.5 Å². The molecule has 0 spiro atoms. The topological polar surface area (TPSA) is 63.9 Å². The van der Waals surface area contributed by atoms with Gasteiger partial charge in [-0.25, -0.2) is 4.39 Å². The average molecular weight is 323 g/mol. The van der Waals surface area contributed by atoms with Gasteiger partial charge >= 0.3 is 0 Å². The first-order valence-corrected chi connectivity index (χ1v) is 7.41. The predicted octanol–water partition coefficient (Wildman–Crippen LogP) is 4.34. The van der Waals surface area contributed by atoms with E-state index in [1.807, 2.05) is 24.3 Å². The molecule has 0 radical (unpaired) electrons. The Hall–Kier alpha value is -3.15. The Morgan fingerprint density at radius 2 is 1.79 bits per heavy atom. The number of aromatic amines is 1. The van der Waals surface area contributed by atoms with Gasteiger partial charge in [-0.2, -0.15) is 15.4 Å². The van der Waals surface area contributed by atoms with E-state index in [0.29, 0.717) is 33.7 Å². The number of hydrogen-bond acceptors (Lipinski definition) is 4. The minimum Gasteiger partial charge on any atom is -0.497 e. The number of benzene rings is 2. The molecule has 5 nitrogen and oxygen atoms in total. The van der Waals surface area contributed by atoms with E-state index in [-0.39, 0.29) is 5.82 Å². The summed E-state index contributed by atoms with van der Waals surface area (Å²) in [4.78, 5) is 0. The highest BCUT2D eigenvalue weighted by molar-refractivity contribution is 5.85. The lowest BCUT2D eigenvalue weighted by Crippen LogP contribution is -1.85. The molecule has 0 saturated heterocycles. The number of methoxy groups -OCH3 is 1. The van der Waals surface area contributed by atoms with Crippen LogP contribution >= 0.6 is 0 Å². The minimum atomic E-state index is -0.259. The summed E-state index contributed by atoms with van der Waals surface area (Å²) in [5, 5.41) is 11.7. The number of rotatable bonds is 3. The van der Waals surface area contributed by atoms with E-state index >= 15 is 0 Å². The molecule has 0 saturated carbocycles. The third kappa shape index (κ3) is 2.32. The Labute approximate surface area is 137 Å². The van der Waals surface area contributed by atoms with Crippen LogP contribution in [0.25, 0.3) is 33.7 Å². The van der Waals surface area contributed by atoms with Crippen LogP contribution in [0.15, 0.2) is 46.9 Å². The molecule has 0 aliphatic rings. The van der Waals surface area contributed by atoms with Crippen molar-refractivity contribution in [1.82, 2.24) is 15.4 Å². The highest BCUT2D eigenvalue weighted by atomic mass is 19.1. The Morgan fingerprint density at radius 1 is 1.04 bits per heavy atom. The molecule has 2 aromatic carbocycles. The third-order valence-corrected chi connectivity index (χ3v) is 3.94. The SMILES string of the molecule is COc1ccc(-c2n[nH]nc2-c2cc3cc(F)c(C)cc3o2)cc1. The van der Waals surface area contributed by atoms with Crippen molar-refractivity contribution in [3.63, 3.8) is 0 Å². The molecular formula is C18H14FN3O2. The lowest BCUT2D eigenvalue weighted by atomic mass is 10.1. The zero-order chi connectivity index (χ0) is 16.7. The maximum Gasteiger partial charge on any atom is 0.158 e. The zero-order valence-corrected chi connectivity index (χ0v) is 13.1. The number of fused-ring (bicyclic) bond motifs is 1. The van der Waals surface area contributed by atoms with Crippen LogP contribution in [0.1, 0.15) is 5.56 Å². The molecule has 6 heteroatoms. The smallest absolute Gasteiger partial charge is 0.158 e. The number of furan rings is 1. The Balaban J connectivity index is 1.81. The maximum atomic E-state index is 13.7. The normalized spacial score (nSPS) is 11.1. The van der Waals surface area contributed by atoms with E-state index < -0.39 is 0 Å². The summed E-state index contributed by atoms with van der Waals surface area (Å²) < 4.78 is 24.7. The van der Waals surface area contributed by atoms with Gasteiger partial charge in [-0.3, -0.25) is 0 Å². The number of halogens is 1. The van der Waals surface area contributed by atoms with E-state index in [1.165, 1.54) is 6.07 Å². The second kappa shape index (κ2) is 5.49. The van der Waals surface area contributed by atoms with Crippen LogP contribution in [0.4, 0.5) is 4.39 Å². The minimum absolute atomic E-state index is 0.259. The number of aromatic nitrogens is 3. The van der Waals surface area contributed by atoms with Crippen molar-refractivity contribution in [3.8, 4) is 28.5 Å². The summed E-state index contributed by atoms with van der Waals surface area (Å²) in [6.45, 7) is 1.70. The van der Waals surface area contributed by atoms with Crippen molar-refractivity contribution in [3.05, 3.63) is 53.8 Å². The van der Waals surface area contributed by atoms with Gasteiger partial charge in [0.15, 0.2) is 11.5 Å². The van der Waals surface area contributed by atoms with Crippen molar-refractivity contribution >= 4 is 11.0 Å². The molecule has 0 unspecified atom stereocenters. The molecule has 4 aromatic rings. The van der Waals surface area contributed by atoms with Crippen LogP contribution in [0.3, 0.4) is 0 Å². The van der Waals surface area contributed by atoms with Gasteiger partial charge in [-0.1, -0.05) is 0 Å². The number of nitrogens with one attached hydrogen (secondary N) is 1. The highest BCUT2D eigenvalue weighted by Crippen LogP contribution is 2.33. The quantitative estimate of drug-likeness (QED) is 0.609. The molecule has 1 N–H and O–H groups in total. The highest BCUT2D eigenvalue weighted by Gasteiger charge is 2.17. The summed E-state index contributed by atoms with van der Waals surface area (Å²) in [7, 11) is 1.62. The molecule has 24 heavy (non-hydrogen) atoms. The van der Waals surface area contributed by atoms with E-state index in [9.17, 15) is 4.39 Å². The summed E-state index contributed by atoms with van der Waals surface area (Å²) in [6.07, 6.45) is 0. The van der Waals surface area contributed by atoms with Crippen LogP contribution in [0.5, 0.6) is 5.75 Å². The fraction of sp³-hybridized carbons (Fsp3) is 0.111. The summed E-state index contributed by atoms with van der Waals surface area (Å²) in [6, 6.07) is 12.4. The predicted molar refractivity (Wildman–Crippen MR) is 88.3 cm³/mol. The van der Waals surface area contributed by atoms with Gasteiger partial charge < -0.3 is 9.15 Å². The maximum absolute atomic E-state index is 13.7. The molecule has 4 rings (SSSR count). The van der Waals surface area contributed by atoms with Crippen molar-refractivity contribution in [2.45, 2.75) is 6.92 Å². The molecule has 0 atom stereocenters. The lowest BCUT2D eigenvalue weighted by molar-refractivity contribution is 0.415. The molecule has 0 fully saturated rings. The first-order valence-electron chi connectivity index (χ1n) is 7.41. The molecule has 2 aromatic heterocycles. The van der Waals surface area contributed by atoms with Crippen molar-refractivity contribution in [2.75, 3.05) is 7.11 Å². The van der Waals surface area contributed by atoms with Crippen molar-refractivity contribution in [1.29, 1.82) is 0 Å². The van der Waals surface area contributed by atoms with E-state index in [0.717, 1.165) is 11.3 Å². The molecule has 0 bridgehead atoms. The number of ether oxygens (including phenoxy) is 1. The van der Waals surface area contributed by atoms with Gasteiger partial charge in [0.1, 0.15) is 22.8 Å². The number of aryl methyl sites for hydroxylation is 1. The van der Waals surface area contributed by atoms with Crippen LogP contribution in [0.2, 0.25) is 0 Å². The second-order valence-corrected chi connectivity index (χ2v) is 5.50. The van der Waals surface area contributed by atoms with Crippen LogP contribution in [-0.2, 0) is 0 Å². The van der Waals surface area contributed by atoms with Crippen LogP contribution < -0.4 is 4.74 Å². The average Bonchev–Trinajstić information content (AvgIpc) is 3.22. The number of H-pyrrole nitrogens is 1. The first kappa shape index (κ1) is 14.4. The molecular weight excluding hydrogens is 309 g/mol. The Morgan fingerprint density at radius 3 is 2.54 bits per heavy atom. The van der Waals surface area contributed by atoms with Gasteiger partial charge in [0, 0.05) is 10.9 Å². The largest absolute Gasteiger partial charge is 0.497 e. The second-order valence-electron chi connectivity index (χ2n) is 5.50. The Bertz CT molecular complexity index is 980. The van der Waals surface area contributed by atoms with Crippen molar-refractivity contribution < 1.29 is 13.5 Å². The molecule has 120 valence electrons. The summed E-state index contributed by atoms with van der Waals surface area (Å²) in [5.41, 5.74) is 3.28. The van der Waals surface area contributed by atoms with E-state index in [1.54, 1.807) is 26.2 Å². The fourth-order valence-electron chi connectivity index (χ4n) is 2.63.